The maximum Gasteiger partial charge on any atom is 0.161 e. The lowest BCUT2D eigenvalue weighted by molar-refractivity contribution is 0.355. The molecule has 0 fully saturated rings. The van der Waals surface area contributed by atoms with Crippen molar-refractivity contribution in [1.82, 2.24) is 9.97 Å². The van der Waals surface area contributed by atoms with Crippen molar-refractivity contribution in [2.75, 3.05) is 25.3 Å². The first-order valence-corrected chi connectivity index (χ1v) is 9.26. The molecule has 29 heavy (non-hydrogen) atoms. The van der Waals surface area contributed by atoms with Gasteiger partial charge in [0.2, 0.25) is 0 Å². The van der Waals surface area contributed by atoms with E-state index in [2.05, 4.69) is 15.3 Å². The van der Waals surface area contributed by atoms with Crippen molar-refractivity contribution in [3.8, 4) is 22.8 Å². The van der Waals surface area contributed by atoms with Crippen molar-refractivity contribution >= 4 is 39.7 Å². The van der Waals surface area contributed by atoms with E-state index in [-0.39, 0.29) is 0 Å². The lowest BCUT2D eigenvalue weighted by Crippen LogP contribution is -1.98. The van der Waals surface area contributed by atoms with Gasteiger partial charge >= 0.3 is 0 Å². The third-order valence-corrected chi connectivity index (χ3v) is 4.73. The quantitative estimate of drug-likeness (QED) is 0.468. The van der Waals surface area contributed by atoms with E-state index in [1.807, 2.05) is 48.5 Å². The Morgan fingerprint density at radius 2 is 1.79 bits per heavy atom. The Hall–Kier alpha value is -3.51. The Bertz CT molecular complexity index is 1200. The van der Waals surface area contributed by atoms with E-state index in [0.717, 1.165) is 28.0 Å². The van der Waals surface area contributed by atoms with Crippen LogP contribution in [0.4, 0.5) is 17.2 Å². The number of anilines is 3. The first kappa shape index (κ1) is 18.8. The molecule has 3 N–H and O–H groups in total. The first-order valence-electron chi connectivity index (χ1n) is 8.88. The van der Waals surface area contributed by atoms with Gasteiger partial charge in [-0.3, -0.25) is 4.98 Å². The van der Waals surface area contributed by atoms with Gasteiger partial charge in [-0.05, 0) is 42.5 Å². The molecule has 7 heteroatoms. The van der Waals surface area contributed by atoms with Crippen molar-refractivity contribution in [3.63, 3.8) is 0 Å². The fraction of sp³-hybridized carbons (Fsp3) is 0.0909. The van der Waals surface area contributed by atoms with Gasteiger partial charge in [-0.25, -0.2) is 4.98 Å². The fourth-order valence-electron chi connectivity index (χ4n) is 3.13. The highest BCUT2D eigenvalue weighted by molar-refractivity contribution is 6.30. The van der Waals surface area contributed by atoms with Crippen LogP contribution >= 0.6 is 11.6 Å². The maximum atomic E-state index is 6.11. The number of aromatic nitrogens is 2. The number of hydrogen-bond acceptors (Lipinski definition) is 6. The standard InChI is InChI=1S/C22H19ClN4O2/c1-28-20-7-6-13(8-21(20)29-2)17-10-16-18(11-22(24)27-19(16)12-25-17)26-15-5-3-4-14(23)9-15/h3-12H,1-2H3,(H3,24,26,27). The van der Waals surface area contributed by atoms with Gasteiger partial charge < -0.3 is 20.5 Å². The number of nitrogens with two attached hydrogens (primary N) is 1. The van der Waals surface area contributed by atoms with E-state index in [0.29, 0.717) is 27.9 Å². The summed E-state index contributed by atoms with van der Waals surface area (Å²) in [4.78, 5) is 8.94. The lowest BCUT2D eigenvalue weighted by atomic mass is 10.1. The van der Waals surface area contributed by atoms with Gasteiger partial charge in [0, 0.05) is 27.7 Å². The van der Waals surface area contributed by atoms with Gasteiger partial charge in [0.25, 0.3) is 0 Å². The number of nitrogens with one attached hydrogen (secondary N) is 1. The van der Waals surface area contributed by atoms with Gasteiger partial charge in [0.05, 0.1) is 37.3 Å². The molecule has 2 aromatic heterocycles. The van der Waals surface area contributed by atoms with Gasteiger partial charge in [0.1, 0.15) is 5.82 Å². The minimum absolute atomic E-state index is 0.405. The average molecular weight is 407 g/mol. The number of fused-ring (bicyclic) bond motifs is 1. The summed E-state index contributed by atoms with van der Waals surface area (Å²) in [7, 11) is 3.21. The summed E-state index contributed by atoms with van der Waals surface area (Å²) in [5, 5.41) is 4.91. The van der Waals surface area contributed by atoms with Crippen LogP contribution in [0.15, 0.2) is 60.8 Å². The van der Waals surface area contributed by atoms with Crippen LogP contribution in [0.1, 0.15) is 0 Å². The number of rotatable bonds is 5. The zero-order valence-corrected chi connectivity index (χ0v) is 16.7. The summed E-state index contributed by atoms with van der Waals surface area (Å²) in [6.07, 6.45) is 1.71. The van der Waals surface area contributed by atoms with Gasteiger partial charge in [-0.2, -0.15) is 0 Å². The van der Waals surface area contributed by atoms with Crippen molar-refractivity contribution < 1.29 is 9.47 Å². The predicted molar refractivity (Wildman–Crippen MR) is 117 cm³/mol. The first-order chi connectivity index (χ1) is 14.1. The summed E-state index contributed by atoms with van der Waals surface area (Å²) < 4.78 is 10.7. The van der Waals surface area contributed by atoms with Crippen LogP contribution < -0.4 is 20.5 Å². The van der Waals surface area contributed by atoms with E-state index < -0.39 is 0 Å². The van der Waals surface area contributed by atoms with E-state index in [1.54, 1.807) is 26.5 Å². The average Bonchev–Trinajstić information content (AvgIpc) is 2.73. The van der Waals surface area contributed by atoms with Crippen molar-refractivity contribution in [3.05, 3.63) is 65.8 Å². The van der Waals surface area contributed by atoms with Crippen LogP contribution in [-0.2, 0) is 0 Å². The summed E-state index contributed by atoms with van der Waals surface area (Å²) >= 11 is 6.11. The van der Waals surface area contributed by atoms with E-state index in [1.165, 1.54) is 0 Å². The summed E-state index contributed by atoms with van der Waals surface area (Å²) in [6.45, 7) is 0. The normalized spacial score (nSPS) is 10.7. The van der Waals surface area contributed by atoms with Crippen LogP contribution in [0.5, 0.6) is 11.5 Å². The molecule has 0 radical (unpaired) electrons. The molecule has 0 aliphatic carbocycles. The molecule has 0 unspecified atom stereocenters. The lowest BCUT2D eigenvalue weighted by Gasteiger charge is -2.13. The fourth-order valence-corrected chi connectivity index (χ4v) is 3.32. The number of benzene rings is 2. The predicted octanol–water partition coefficient (Wildman–Crippen LogP) is 5.29. The molecule has 0 aliphatic rings. The van der Waals surface area contributed by atoms with Crippen LogP contribution in [-0.4, -0.2) is 24.2 Å². The maximum absolute atomic E-state index is 6.11. The molecular formula is C22H19ClN4O2. The molecule has 6 nitrogen and oxygen atoms in total. The van der Waals surface area contributed by atoms with E-state index >= 15 is 0 Å². The van der Waals surface area contributed by atoms with Crippen molar-refractivity contribution in [2.24, 2.45) is 0 Å². The molecule has 4 rings (SSSR count). The molecule has 146 valence electrons. The smallest absolute Gasteiger partial charge is 0.161 e. The zero-order chi connectivity index (χ0) is 20.4. The number of hydrogen-bond donors (Lipinski definition) is 2. The highest BCUT2D eigenvalue weighted by Gasteiger charge is 2.11. The SMILES string of the molecule is COc1ccc(-c2cc3c(Nc4cccc(Cl)c4)cc(N)nc3cn2)cc1OC. The Labute approximate surface area is 173 Å². The third kappa shape index (κ3) is 3.88. The summed E-state index contributed by atoms with van der Waals surface area (Å²) in [5.74, 6) is 1.71. The second-order valence-electron chi connectivity index (χ2n) is 6.39. The third-order valence-electron chi connectivity index (χ3n) is 4.50. The number of nitrogens with zero attached hydrogens (tertiary/aromatic N) is 2. The molecule has 0 saturated heterocycles. The van der Waals surface area contributed by atoms with Crippen molar-refractivity contribution in [1.29, 1.82) is 0 Å². The van der Waals surface area contributed by atoms with Gasteiger partial charge in [0.15, 0.2) is 11.5 Å². The number of nitrogen functional groups attached to an aromatic ring is 1. The second kappa shape index (κ2) is 7.85. The molecule has 0 amide bonds. The number of pyridine rings is 2. The summed E-state index contributed by atoms with van der Waals surface area (Å²) in [6, 6.07) is 16.9. The monoisotopic (exact) mass is 406 g/mol. The number of ether oxygens (including phenoxy) is 2. The molecule has 0 saturated carbocycles. The Kier molecular flexibility index (Phi) is 5.10. The zero-order valence-electron chi connectivity index (χ0n) is 15.9. The van der Waals surface area contributed by atoms with Crippen LogP contribution in [0.3, 0.4) is 0 Å². The largest absolute Gasteiger partial charge is 0.493 e. The molecule has 2 heterocycles. The number of halogens is 1. The molecule has 0 aliphatic heterocycles. The second-order valence-corrected chi connectivity index (χ2v) is 6.82. The van der Waals surface area contributed by atoms with E-state index in [4.69, 9.17) is 26.8 Å². The molecule has 0 atom stereocenters. The molecule has 0 bridgehead atoms. The van der Waals surface area contributed by atoms with Crippen LogP contribution in [0.25, 0.3) is 22.2 Å². The van der Waals surface area contributed by atoms with Crippen LogP contribution in [0, 0.1) is 0 Å². The molecule has 0 spiro atoms. The molecule has 2 aromatic carbocycles. The molecule has 4 aromatic rings. The minimum Gasteiger partial charge on any atom is -0.493 e. The van der Waals surface area contributed by atoms with E-state index in [9.17, 15) is 0 Å². The Morgan fingerprint density at radius 1 is 0.966 bits per heavy atom. The topological polar surface area (TPSA) is 82.3 Å². The van der Waals surface area contributed by atoms with Crippen LogP contribution in [0.2, 0.25) is 5.02 Å². The van der Waals surface area contributed by atoms with Gasteiger partial charge in [-0.1, -0.05) is 17.7 Å². The summed E-state index contributed by atoms with van der Waals surface area (Å²) in [5.41, 5.74) is 10.0. The molecular weight excluding hydrogens is 388 g/mol. The minimum atomic E-state index is 0.405. The highest BCUT2D eigenvalue weighted by Crippen LogP contribution is 2.34. The number of methoxy groups -OCH3 is 2. The van der Waals surface area contributed by atoms with Gasteiger partial charge in [-0.15, -0.1) is 0 Å². The Morgan fingerprint density at radius 3 is 2.55 bits per heavy atom. The van der Waals surface area contributed by atoms with Crippen molar-refractivity contribution in [2.45, 2.75) is 0 Å². The highest BCUT2D eigenvalue weighted by atomic mass is 35.5. The Balaban J connectivity index is 1.81.